The van der Waals surface area contributed by atoms with Gasteiger partial charge in [0.2, 0.25) is 5.91 Å². The summed E-state index contributed by atoms with van der Waals surface area (Å²) in [7, 11) is 3.22. The van der Waals surface area contributed by atoms with E-state index >= 15 is 0 Å². The van der Waals surface area contributed by atoms with Crippen molar-refractivity contribution in [1.82, 2.24) is 19.4 Å². The standard InChI is InChI=1S/C21H25N5O3/c1-28-18-10-15-9-16(22)21(24-17(15)11-19(18)29-2)14-3-6-26(7-4-14)20(27)12-25-8-5-23-13-25/h5,8-11,13-14H,3-4,6-7,12,22H2,1-2H3. The van der Waals surface area contributed by atoms with Gasteiger partial charge in [0, 0.05) is 42.9 Å². The average Bonchev–Trinajstić information content (AvgIpc) is 3.25. The number of hydrogen-bond donors (Lipinski definition) is 1. The van der Waals surface area contributed by atoms with Crippen molar-refractivity contribution >= 4 is 22.5 Å². The average molecular weight is 395 g/mol. The molecule has 1 fully saturated rings. The maximum Gasteiger partial charge on any atom is 0.242 e. The number of likely N-dealkylation sites (tertiary alicyclic amines) is 1. The Morgan fingerprint density at radius 1 is 1.17 bits per heavy atom. The first-order valence-corrected chi connectivity index (χ1v) is 9.64. The molecule has 8 nitrogen and oxygen atoms in total. The van der Waals surface area contributed by atoms with Gasteiger partial charge in [-0.25, -0.2) is 4.98 Å². The zero-order valence-corrected chi connectivity index (χ0v) is 16.7. The summed E-state index contributed by atoms with van der Waals surface area (Å²) in [4.78, 5) is 23.2. The molecule has 1 aromatic carbocycles. The first kappa shape index (κ1) is 19.0. The number of imidazole rings is 1. The molecule has 1 aliphatic heterocycles. The third kappa shape index (κ3) is 3.83. The smallest absolute Gasteiger partial charge is 0.242 e. The van der Waals surface area contributed by atoms with Crippen molar-refractivity contribution in [2.24, 2.45) is 0 Å². The predicted octanol–water partition coefficient (Wildman–Crippen LogP) is 2.44. The number of hydrogen-bond acceptors (Lipinski definition) is 6. The number of carbonyl (C=O) groups is 1. The number of ether oxygens (including phenoxy) is 2. The van der Waals surface area contributed by atoms with E-state index < -0.39 is 0 Å². The Kier molecular flexibility index (Phi) is 5.24. The summed E-state index contributed by atoms with van der Waals surface area (Å²) in [6.07, 6.45) is 6.82. The number of aromatic nitrogens is 3. The molecule has 1 saturated heterocycles. The molecule has 2 N–H and O–H groups in total. The first-order chi connectivity index (χ1) is 14.1. The largest absolute Gasteiger partial charge is 0.493 e. The fraction of sp³-hybridized carbons (Fsp3) is 0.381. The van der Waals surface area contributed by atoms with Crippen LogP contribution in [0.1, 0.15) is 24.5 Å². The minimum atomic E-state index is 0.109. The van der Waals surface area contributed by atoms with E-state index in [-0.39, 0.29) is 11.8 Å². The van der Waals surface area contributed by atoms with Crippen molar-refractivity contribution in [3.8, 4) is 11.5 Å². The first-order valence-electron chi connectivity index (χ1n) is 9.64. The van der Waals surface area contributed by atoms with Crippen LogP contribution in [0.25, 0.3) is 10.9 Å². The highest BCUT2D eigenvalue weighted by Gasteiger charge is 2.26. The lowest BCUT2D eigenvalue weighted by atomic mass is 9.91. The van der Waals surface area contributed by atoms with Gasteiger partial charge < -0.3 is 24.7 Å². The molecular weight excluding hydrogens is 370 g/mol. The van der Waals surface area contributed by atoms with Gasteiger partial charge in [0.25, 0.3) is 0 Å². The number of anilines is 1. The van der Waals surface area contributed by atoms with Crippen LogP contribution in [0.4, 0.5) is 5.69 Å². The van der Waals surface area contributed by atoms with Crippen LogP contribution in [-0.4, -0.2) is 52.7 Å². The SMILES string of the molecule is COc1cc2cc(N)c(C3CCN(C(=O)Cn4ccnc4)CC3)nc2cc1OC. The zero-order valence-electron chi connectivity index (χ0n) is 16.7. The second-order valence-corrected chi connectivity index (χ2v) is 7.25. The number of methoxy groups -OCH3 is 2. The van der Waals surface area contributed by atoms with Gasteiger partial charge in [0.1, 0.15) is 6.54 Å². The van der Waals surface area contributed by atoms with Crippen LogP contribution in [0.15, 0.2) is 36.9 Å². The number of piperidine rings is 1. The lowest BCUT2D eigenvalue weighted by molar-refractivity contribution is -0.132. The van der Waals surface area contributed by atoms with Gasteiger partial charge in [-0.2, -0.15) is 0 Å². The van der Waals surface area contributed by atoms with E-state index in [0.717, 1.165) is 29.4 Å². The molecule has 2 aromatic heterocycles. The van der Waals surface area contributed by atoms with Gasteiger partial charge in [-0.05, 0) is 25.0 Å². The van der Waals surface area contributed by atoms with Crippen LogP contribution in [-0.2, 0) is 11.3 Å². The number of nitrogens with zero attached hydrogens (tertiary/aromatic N) is 4. The molecular formula is C21H25N5O3. The van der Waals surface area contributed by atoms with Crippen LogP contribution >= 0.6 is 0 Å². The van der Waals surface area contributed by atoms with Gasteiger partial charge in [-0.3, -0.25) is 9.78 Å². The van der Waals surface area contributed by atoms with Crippen molar-refractivity contribution < 1.29 is 14.3 Å². The maximum absolute atomic E-state index is 12.5. The van der Waals surface area contributed by atoms with Crippen LogP contribution in [0, 0.1) is 0 Å². The molecule has 29 heavy (non-hydrogen) atoms. The number of pyridine rings is 1. The molecule has 0 atom stereocenters. The summed E-state index contributed by atoms with van der Waals surface area (Å²) in [6.45, 7) is 1.72. The molecule has 3 aromatic rings. The Morgan fingerprint density at radius 3 is 2.55 bits per heavy atom. The van der Waals surface area contributed by atoms with Crippen LogP contribution in [0.2, 0.25) is 0 Å². The minimum Gasteiger partial charge on any atom is -0.493 e. The monoisotopic (exact) mass is 395 g/mol. The third-order valence-electron chi connectivity index (χ3n) is 5.49. The Morgan fingerprint density at radius 2 is 1.90 bits per heavy atom. The topological polar surface area (TPSA) is 95.5 Å². The molecule has 3 heterocycles. The van der Waals surface area contributed by atoms with E-state index in [1.807, 2.05) is 23.1 Å². The third-order valence-corrected chi connectivity index (χ3v) is 5.49. The molecule has 0 unspecified atom stereocenters. The molecule has 4 rings (SSSR count). The number of amides is 1. The molecule has 0 saturated carbocycles. The van der Waals surface area contributed by atoms with E-state index in [4.69, 9.17) is 20.2 Å². The maximum atomic E-state index is 12.5. The van der Waals surface area contributed by atoms with Crippen LogP contribution in [0.3, 0.4) is 0 Å². The van der Waals surface area contributed by atoms with E-state index in [2.05, 4.69) is 4.98 Å². The Hall–Kier alpha value is -3.29. The fourth-order valence-electron chi connectivity index (χ4n) is 3.90. The highest BCUT2D eigenvalue weighted by molar-refractivity contribution is 5.86. The Balaban J connectivity index is 1.50. The Labute approximate surface area is 169 Å². The quantitative estimate of drug-likeness (QED) is 0.713. The highest BCUT2D eigenvalue weighted by atomic mass is 16.5. The summed E-state index contributed by atoms with van der Waals surface area (Å²) in [6, 6.07) is 5.70. The normalized spacial score (nSPS) is 14.9. The lowest BCUT2D eigenvalue weighted by Crippen LogP contribution is -2.39. The molecule has 0 aliphatic carbocycles. The fourth-order valence-corrected chi connectivity index (χ4v) is 3.90. The molecule has 152 valence electrons. The second-order valence-electron chi connectivity index (χ2n) is 7.25. The summed E-state index contributed by atoms with van der Waals surface area (Å²) < 4.78 is 12.6. The summed E-state index contributed by atoms with van der Waals surface area (Å²) in [5.74, 6) is 1.63. The van der Waals surface area contributed by atoms with E-state index in [9.17, 15) is 4.79 Å². The van der Waals surface area contributed by atoms with E-state index in [1.165, 1.54) is 0 Å². The van der Waals surface area contributed by atoms with Crippen molar-refractivity contribution in [2.45, 2.75) is 25.3 Å². The molecule has 1 aliphatic rings. The van der Waals surface area contributed by atoms with Crippen LogP contribution in [0.5, 0.6) is 11.5 Å². The summed E-state index contributed by atoms with van der Waals surface area (Å²) in [5.41, 5.74) is 8.73. The summed E-state index contributed by atoms with van der Waals surface area (Å²) in [5, 5.41) is 0.914. The molecule has 0 radical (unpaired) electrons. The van der Waals surface area contributed by atoms with Crippen molar-refractivity contribution in [3.05, 3.63) is 42.6 Å². The second kappa shape index (κ2) is 7.98. The van der Waals surface area contributed by atoms with Crippen molar-refractivity contribution in [2.75, 3.05) is 33.0 Å². The number of fused-ring (bicyclic) bond motifs is 1. The number of rotatable bonds is 5. The molecule has 8 heteroatoms. The predicted molar refractivity (Wildman–Crippen MR) is 110 cm³/mol. The summed E-state index contributed by atoms with van der Waals surface area (Å²) >= 11 is 0. The van der Waals surface area contributed by atoms with Crippen molar-refractivity contribution in [3.63, 3.8) is 0 Å². The molecule has 1 amide bonds. The van der Waals surface area contributed by atoms with E-state index in [0.29, 0.717) is 36.8 Å². The number of benzene rings is 1. The van der Waals surface area contributed by atoms with E-state index in [1.54, 1.807) is 37.5 Å². The Bertz CT molecular complexity index is 1010. The van der Waals surface area contributed by atoms with Gasteiger partial charge >= 0.3 is 0 Å². The van der Waals surface area contributed by atoms with Crippen LogP contribution < -0.4 is 15.2 Å². The van der Waals surface area contributed by atoms with Gasteiger partial charge in [0.05, 0.1) is 37.4 Å². The number of nitrogens with two attached hydrogens (primary N) is 1. The highest BCUT2D eigenvalue weighted by Crippen LogP contribution is 2.36. The van der Waals surface area contributed by atoms with Gasteiger partial charge in [0.15, 0.2) is 11.5 Å². The van der Waals surface area contributed by atoms with Crippen molar-refractivity contribution in [1.29, 1.82) is 0 Å². The van der Waals surface area contributed by atoms with Gasteiger partial charge in [-0.1, -0.05) is 0 Å². The van der Waals surface area contributed by atoms with Gasteiger partial charge in [-0.15, -0.1) is 0 Å². The minimum absolute atomic E-state index is 0.109. The number of carbonyl (C=O) groups excluding carboxylic acids is 1. The zero-order chi connectivity index (χ0) is 20.4. The molecule has 0 bridgehead atoms. The lowest BCUT2D eigenvalue weighted by Gasteiger charge is -2.32. The number of nitrogen functional groups attached to an aromatic ring is 1. The molecule has 0 spiro atoms.